The minimum atomic E-state index is -3.45. The van der Waals surface area contributed by atoms with Crippen molar-refractivity contribution in [2.75, 3.05) is 36.6 Å². The highest BCUT2D eigenvalue weighted by Gasteiger charge is 2.30. The highest BCUT2D eigenvalue weighted by Crippen LogP contribution is 2.32. The number of nitrogen functional groups attached to an aromatic ring is 1. The third kappa shape index (κ3) is 3.32. The lowest BCUT2D eigenvalue weighted by Gasteiger charge is -2.32. The number of hydrogen-bond donors (Lipinski definition) is 2. The molecular weight excluding hydrogens is 292 g/mol. The minimum absolute atomic E-state index is 0.107. The molecule has 0 spiro atoms. The molecule has 2 heterocycles. The van der Waals surface area contributed by atoms with E-state index in [1.54, 1.807) is 4.68 Å². The third-order valence-electron chi connectivity index (χ3n) is 3.81. The van der Waals surface area contributed by atoms with Gasteiger partial charge in [0, 0.05) is 32.5 Å². The molecule has 3 N–H and O–H groups in total. The number of aromatic nitrogens is 2. The van der Waals surface area contributed by atoms with Gasteiger partial charge in [-0.3, -0.25) is 0 Å². The molecular formula is C13H24N4O3S. The number of nitrogens with two attached hydrogens (primary N) is 1. The van der Waals surface area contributed by atoms with Crippen LogP contribution >= 0.6 is 0 Å². The second-order valence-electron chi connectivity index (χ2n) is 5.67. The molecule has 21 heavy (non-hydrogen) atoms. The fraction of sp³-hybridized carbons (Fsp3) is 0.769. The molecule has 1 aromatic heterocycles. The van der Waals surface area contributed by atoms with Crippen LogP contribution in [0.1, 0.15) is 26.2 Å². The first-order chi connectivity index (χ1) is 9.88. The Balaban J connectivity index is 2.44. The molecule has 0 saturated carbocycles. The summed E-state index contributed by atoms with van der Waals surface area (Å²) in [7, 11) is -3.45. The van der Waals surface area contributed by atoms with E-state index in [2.05, 4.69) is 5.10 Å². The Hall–Kier alpha value is -1.28. The van der Waals surface area contributed by atoms with Crippen LogP contribution in [-0.2, 0) is 16.4 Å². The van der Waals surface area contributed by atoms with E-state index in [-0.39, 0.29) is 23.2 Å². The summed E-state index contributed by atoms with van der Waals surface area (Å²) >= 11 is 0. The molecule has 1 aliphatic rings. The molecule has 0 aromatic carbocycles. The molecule has 0 radical (unpaired) electrons. The zero-order chi connectivity index (χ0) is 15.6. The average Bonchev–Trinajstić information content (AvgIpc) is 2.76. The quantitative estimate of drug-likeness (QED) is 0.819. The van der Waals surface area contributed by atoms with Crippen molar-refractivity contribution in [3.8, 4) is 0 Å². The molecule has 0 aliphatic carbocycles. The van der Waals surface area contributed by atoms with E-state index in [1.165, 1.54) is 0 Å². The van der Waals surface area contributed by atoms with E-state index in [9.17, 15) is 13.5 Å². The zero-order valence-corrected chi connectivity index (χ0v) is 13.4. The van der Waals surface area contributed by atoms with Crippen LogP contribution < -0.4 is 10.6 Å². The first-order valence-corrected chi connectivity index (χ1v) is 9.19. The first kappa shape index (κ1) is 16.1. The van der Waals surface area contributed by atoms with Gasteiger partial charge in [-0.1, -0.05) is 6.92 Å². The summed E-state index contributed by atoms with van der Waals surface area (Å²) in [6.07, 6.45) is 3.85. The lowest BCUT2D eigenvalue weighted by molar-refractivity contribution is 0.208. The molecule has 120 valence electrons. The van der Waals surface area contributed by atoms with Crippen molar-refractivity contribution in [3.63, 3.8) is 0 Å². The summed E-state index contributed by atoms with van der Waals surface area (Å²) in [5.74, 6) is 0.797. The van der Waals surface area contributed by atoms with Crippen molar-refractivity contribution >= 4 is 21.5 Å². The Kier molecular flexibility index (Phi) is 4.77. The number of aliphatic hydroxyl groups is 1. The SMILES string of the molecule is CCCn1nc(N2CCCC(CO)C2)c(S(C)(=O)=O)c1N. The Bertz CT molecular complexity index is 597. The molecule has 1 fully saturated rings. The fourth-order valence-electron chi connectivity index (χ4n) is 2.80. The van der Waals surface area contributed by atoms with Crippen molar-refractivity contribution in [2.24, 2.45) is 5.92 Å². The number of sulfone groups is 1. The number of hydrogen-bond acceptors (Lipinski definition) is 6. The maximum Gasteiger partial charge on any atom is 0.182 e. The van der Waals surface area contributed by atoms with Gasteiger partial charge >= 0.3 is 0 Å². The Labute approximate surface area is 125 Å². The van der Waals surface area contributed by atoms with E-state index in [1.807, 2.05) is 11.8 Å². The van der Waals surface area contributed by atoms with Gasteiger partial charge in [0.15, 0.2) is 20.6 Å². The molecule has 0 amide bonds. The molecule has 1 unspecified atom stereocenters. The standard InChI is InChI=1S/C13H24N4O3S/c1-3-6-17-12(14)11(21(2,19)20)13(15-17)16-7-4-5-10(8-16)9-18/h10,18H,3-9,14H2,1-2H3. The topological polar surface area (TPSA) is 101 Å². The number of aryl methyl sites for hydroxylation is 1. The Morgan fingerprint density at radius 1 is 1.48 bits per heavy atom. The van der Waals surface area contributed by atoms with Crippen LogP contribution in [0.5, 0.6) is 0 Å². The normalized spacial score (nSPS) is 20.0. The van der Waals surface area contributed by atoms with E-state index in [0.29, 0.717) is 18.9 Å². The highest BCUT2D eigenvalue weighted by molar-refractivity contribution is 7.91. The van der Waals surface area contributed by atoms with Gasteiger partial charge in [-0.05, 0) is 25.2 Å². The Morgan fingerprint density at radius 3 is 2.76 bits per heavy atom. The molecule has 0 bridgehead atoms. The van der Waals surface area contributed by atoms with Crippen LogP contribution in [0, 0.1) is 5.92 Å². The van der Waals surface area contributed by atoms with Crippen LogP contribution in [-0.4, -0.2) is 49.3 Å². The van der Waals surface area contributed by atoms with Gasteiger partial charge in [-0.25, -0.2) is 13.1 Å². The summed E-state index contributed by atoms with van der Waals surface area (Å²) in [5.41, 5.74) is 6.00. The fourth-order valence-corrected chi connectivity index (χ4v) is 3.78. The first-order valence-electron chi connectivity index (χ1n) is 7.30. The lowest BCUT2D eigenvalue weighted by atomic mass is 9.99. The predicted octanol–water partition coefficient (Wildman–Crippen LogP) is 0.488. The van der Waals surface area contributed by atoms with Gasteiger partial charge in [0.25, 0.3) is 0 Å². The van der Waals surface area contributed by atoms with Gasteiger partial charge in [0.2, 0.25) is 0 Å². The third-order valence-corrected chi connectivity index (χ3v) is 4.95. The Morgan fingerprint density at radius 2 is 2.19 bits per heavy atom. The monoisotopic (exact) mass is 316 g/mol. The molecule has 1 aliphatic heterocycles. The largest absolute Gasteiger partial charge is 0.396 e. The molecule has 2 rings (SSSR count). The highest BCUT2D eigenvalue weighted by atomic mass is 32.2. The molecule has 7 nitrogen and oxygen atoms in total. The summed E-state index contributed by atoms with van der Waals surface area (Å²) in [5, 5.41) is 13.7. The lowest BCUT2D eigenvalue weighted by Crippen LogP contribution is -2.37. The maximum atomic E-state index is 12.1. The number of anilines is 2. The van der Waals surface area contributed by atoms with E-state index < -0.39 is 9.84 Å². The van der Waals surface area contributed by atoms with E-state index in [4.69, 9.17) is 5.73 Å². The van der Waals surface area contributed by atoms with E-state index in [0.717, 1.165) is 32.1 Å². The minimum Gasteiger partial charge on any atom is -0.396 e. The van der Waals surface area contributed by atoms with Gasteiger partial charge in [-0.2, -0.15) is 5.10 Å². The van der Waals surface area contributed by atoms with Crippen molar-refractivity contribution in [1.29, 1.82) is 0 Å². The van der Waals surface area contributed by atoms with Gasteiger partial charge in [0.05, 0.1) is 0 Å². The number of rotatable bonds is 5. The number of nitrogens with zero attached hydrogens (tertiary/aromatic N) is 3. The molecule has 1 aromatic rings. The van der Waals surface area contributed by atoms with Crippen molar-refractivity contribution in [1.82, 2.24) is 9.78 Å². The van der Waals surface area contributed by atoms with Crippen LogP contribution in [0.3, 0.4) is 0 Å². The van der Waals surface area contributed by atoms with Crippen molar-refractivity contribution < 1.29 is 13.5 Å². The maximum absolute atomic E-state index is 12.1. The summed E-state index contributed by atoms with van der Waals surface area (Å²) in [4.78, 5) is 2.05. The number of piperidine rings is 1. The van der Waals surface area contributed by atoms with Crippen molar-refractivity contribution in [2.45, 2.75) is 37.6 Å². The average molecular weight is 316 g/mol. The van der Waals surface area contributed by atoms with Crippen LogP contribution in [0.25, 0.3) is 0 Å². The molecule has 1 atom stereocenters. The summed E-state index contributed by atoms with van der Waals surface area (Å²) < 4.78 is 25.7. The van der Waals surface area contributed by atoms with Gasteiger partial charge in [0.1, 0.15) is 5.82 Å². The molecule has 8 heteroatoms. The smallest absolute Gasteiger partial charge is 0.182 e. The van der Waals surface area contributed by atoms with Crippen LogP contribution in [0.15, 0.2) is 4.90 Å². The summed E-state index contributed by atoms with van der Waals surface area (Å²) in [6, 6.07) is 0. The molecule has 1 saturated heterocycles. The van der Waals surface area contributed by atoms with Crippen molar-refractivity contribution in [3.05, 3.63) is 0 Å². The summed E-state index contributed by atoms with van der Waals surface area (Å²) in [6.45, 7) is 4.04. The zero-order valence-electron chi connectivity index (χ0n) is 12.6. The number of aliphatic hydroxyl groups excluding tert-OH is 1. The van der Waals surface area contributed by atoms with Gasteiger partial charge in [-0.15, -0.1) is 0 Å². The predicted molar refractivity (Wildman–Crippen MR) is 82.1 cm³/mol. The van der Waals surface area contributed by atoms with Gasteiger partial charge < -0.3 is 15.7 Å². The second-order valence-corrected chi connectivity index (χ2v) is 7.62. The van der Waals surface area contributed by atoms with Crippen LogP contribution in [0.2, 0.25) is 0 Å². The van der Waals surface area contributed by atoms with Crippen LogP contribution in [0.4, 0.5) is 11.6 Å². The second kappa shape index (κ2) is 6.23. The van der Waals surface area contributed by atoms with E-state index >= 15 is 0 Å².